The summed E-state index contributed by atoms with van der Waals surface area (Å²) < 4.78 is 0. The Morgan fingerprint density at radius 2 is 1.71 bits per heavy atom. The van der Waals surface area contributed by atoms with Gasteiger partial charge >= 0.3 is 0 Å². The molecule has 0 heterocycles. The zero-order valence-corrected chi connectivity index (χ0v) is 12.1. The van der Waals surface area contributed by atoms with Crippen molar-refractivity contribution >= 4 is 11.6 Å². The molecule has 3 rings (SSSR count). The first kappa shape index (κ1) is 13.6. The number of amides is 1. The maximum Gasteiger partial charge on any atom is 0.271 e. The highest BCUT2D eigenvalue weighted by molar-refractivity contribution is 5.96. The smallest absolute Gasteiger partial charge is 0.267 e. The quantitative estimate of drug-likeness (QED) is 0.842. The lowest BCUT2D eigenvalue weighted by molar-refractivity contribution is 0.0954. The third-order valence-corrected chi connectivity index (χ3v) is 3.83. The lowest BCUT2D eigenvalue weighted by atomic mass is 9.90. The highest BCUT2D eigenvalue weighted by Gasteiger charge is 2.14. The van der Waals surface area contributed by atoms with Gasteiger partial charge in [-0.1, -0.05) is 42.0 Å². The molecule has 2 aromatic carbocycles. The fourth-order valence-electron chi connectivity index (χ4n) is 2.56. The molecule has 1 N–H and O–H groups in total. The minimum Gasteiger partial charge on any atom is -0.267 e. The van der Waals surface area contributed by atoms with E-state index < -0.39 is 0 Å². The number of rotatable bonds is 2. The third kappa shape index (κ3) is 3.19. The molecule has 0 radical (unpaired) electrons. The van der Waals surface area contributed by atoms with Gasteiger partial charge in [-0.3, -0.25) is 4.79 Å². The Morgan fingerprint density at radius 3 is 2.48 bits per heavy atom. The van der Waals surface area contributed by atoms with E-state index in [1.165, 1.54) is 11.1 Å². The van der Waals surface area contributed by atoms with E-state index in [2.05, 4.69) is 28.7 Å². The minimum atomic E-state index is -0.152. The summed E-state index contributed by atoms with van der Waals surface area (Å²) in [6, 6.07) is 15.9. The molecular formula is C18H18N2O. The first-order valence-electron chi connectivity index (χ1n) is 7.21. The van der Waals surface area contributed by atoms with E-state index in [1.54, 1.807) is 0 Å². The first-order valence-corrected chi connectivity index (χ1v) is 7.21. The van der Waals surface area contributed by atoms with Crippen molar-refractivity contribution in [3.05, 3.63) is 70.8 Å². The van der Waals surface area contributed by atoms with E-state index in [-0.39, 0.29) is 5.91 Å². The van der Waals surface area contributed by atoms with E-state index >= 15 is 0 Å². The zero-order chi connectivity index (χ0) is 14.7. The summed E-state index contributed by atoms with van der Waals surface area (Å²) in [4.78, 5) is 12.0. The van der Waals surface area contributed by atoms with E-state index in [0.717, 1.165) is 30.5 Å². The predicted molar refractivity (Wildman–Crippen MR) is 84.5 cm³/mol. The van der Waals surface area contributed by atoms with Crippen LogP contribution in [-0.2, 0) is 12.8 Å². The summed E-state index contributed by atoms with van der Waals surface area (Å²) in [7, 11) is 0. The van der Waals surface area contributed by atoms with Crippen LogP contribution < -0.4 is 5.43 Å². The van der Waals surface area contributed by atoms with Crippen molar-refractivity contribution in [1.29, 1.82) is 0 Å². The molecule has 1 aliphatic rings. The molecule has 0 saturated carbocycles. The van der Waals surface area contributed by atoms with Crippen LogP contribution in [0.2, 0.25) is 0 Å². The molecule has 1 aliphatic carbocycles. The predicted octanol–water partition coefficient (Wildman–Crippen LogP) is 3.27. The fourth-order valence-corrected chi connectivity index (χ4v) is 2.56. The van der Waals surface area contributed by atoms with E-state index in [0.29, 0.717) is 5.56 Å². The number of hydrogen-bond acceptors (Lipinski definition) is 2. The molecule has 0 aliphatic heterocycles. The molecule has 0 aromatic heterocycles. The molecule has 0 bridgehead atoms. The van der Waals surface area contributed by atoms with Crippen molar-refractivity contribution in [3.8, 4) is 0 Å². The molecule has 3 nitrogen and oxygen atoms in total. The summed E-state index contributed by atoms with van der Waals surface area (Å²) in [5.41, 5.74) is 8.19. The van der Waals surface area contributed by atoms with Crippen LogP contribution in [-0.4, -0.2) is 11.6 Å². The Morgan fingerprint density at radius 1 is 1.00 bits per heavy atom. The maximum absolute atomic E-state index is 12.0. The van der Waals surface area contributed by atoms with Crippen LogP contribution in [0.1, 0.15) is 33.5 Å². The van der Waals surface area contributed by atoms with Gasteiger partial charge in [-0.15, -0.1) is 0 Å². The molecule has 2 aromatic rings. The number of nitrogens with zero attached hydrogens (tertiary/aromatic N) is 1. The summed E-state index contributed by atoms with van der Waals surface area (Å²) >= 11 is 0. The molecule has 0 unspecified atom stereocenters. The van der Waals surface area contributed by atoms with Gasteiger partial charge in [-0.25, -0.2) is 5.43 Å². The van der Waals surface area contributed by atoms with Crippen molar-refractivity contribution in [2.24, 2.45) is 5.10 Å². The van der Waals surface area contributed by atoms with Crippen LogP contribution >= 0.6 is 0 Å². The van der Waals surface area contributed by atoms with Crippen molar-refractivity contribution in [3.63, 3.8) is 0 Å². The highest BCUT2D eigenvalue weighted by Crippen LogP contribution is 2.19. The van der Waals surface area contributed by atoms with Crippen LogP contribution in [0.3, 0.4) is 0 Å². The van der Waals surface area contributed by atoms with Crippen molar-refractivity contribution < 1.29 is 4.79 Å². The van der Waals surface area contributed by atoms with Gasteiger partial charge in [0.15, 0.2) is 0 Å². The van der Waals surface area contributed by atoms with Gasteiger partial charge in [-0.05, 0) is 43.0 Å². The van der Waals surface area contributed by atoms with E-state index in [9.17, 15) is 4.79 Å². The Kier molecular flexibility index (Phi) is 3.82. The Balaban J connectivity index is 1.67. The highest BCUT2D eigenvalue weighted by atomic mass is 16.2. The van der Waals surface area contributed by atoms with Gasteiger partial charge in [-0.2, -0.15) is 5.10 Å². The number of fused-ring (bicyclic) bond motifs is 1. The third-order valence-electron chi connectivity index (χ3n) is 3.83. The van der Waals surface area contributed by atoms with Crippen molar-refractivity contribution in [2.75, 3.05) is 0 Å². The Bertz CT molecular complexity index is 687. The molecule has 1 amide bonds. The van der Waals surface area contributed by atoms with Crippen LogP contribution in [0, 0.1) is 6.92 Å². The average Bonchev–Trinajstić information content (AvgIpc) is 2.53. The van der Waals surface area contributed by atoms with Crippen LogP contribution in [0.25, 0.3) is 0 Å². The first-order chi connectivity index (χ1) is 10.2. The summed E-state index contributed by atoms with van der Waals surface area (Å²) in [6.07, 6.45) is 2.73. The molecule has 0 fully saturated rings. The molecule has 0 atom stereocenters. The average molecular weight is 278 g/mol. The lowest BCUT2D eigenvalue weighted by Gasteiger charge is -2.17. The van der Waals surface area contributed by atoms with Crippen LogP contribution in [0.4, 0.5) is 0 Å². The molecule has 0 saturated heterocycles. The molecule has 21 heavy (non-hydrogen) atoms. The lowest BCUT2D eigenvalue weighted by Crippen LogP contribution is -2.22. The summed E-state index contributed by atoms with van der Waals surface area (Å²) in [5.74, 6) is -0.152. The van der Waals surface area contributed by atoms with Gasteiger partial charge in [0, 0.05) is 17.7 Å². The summed E-state index contributed by atoms with van der Waals surface area (Å²) in [5, 5.41) is 4.30. The number of carbonyl (C=O) groups is 1. The molecule has 106 valence electrons. The monoisotopic (exact) mass is 278 g/mol. The SMILES string of the molecule is Cc1ccc(C(=O)N/N=C2/CCc3ccccc3C2)cc1. The van der Waals surface area contributed by atoms with Gasteiger partial charge in [0.05, 0.1) is 0 Å². The summed E-state index contributed by atoms with van der Waals surface area (Å²) in [6.45, 7) is 2.00. The maximum atomic E-state index is 12.0. The fraction of sp³-hybridized carbons (Fsp3) is 0.222. The molecule has 3 heteroatoms. The number of hydrogen-bond donors (Lipinski definition) is 1. The number of aryl methyl sites for hydroxylation is 2. The molecule has 0 spiro atoms. The minimum absolute atomic E-state index is 0.152. The second-order valence-corrected chi connectivity index (χ2v) is 5.43. The standard InChI is InChI=1S/C18H18N2O/c1-13-6-8-15(9-7-13)18(21)20-19-17-11-10-14-4-2-3-5-16(14)12-17/h2-9H,10-12H2,1H3,(H,20,21)/b19-17-. The van der Waals surface area contributed by atoms with Gasteiger partial charge in [0.1, 0.15) is 0 Å². The normalized spacial score (nSPS) is 15.6. The zero-order valence-electron chi connectivity index (χ0n) is 12.1. The molecular weight excluding hydrogens is 260 g/mol. The number of benzene rings is 2. The Hall–Kier alpha value is -2.42. The number of hydrazone groups is 1. The Labute approximate surface area is 124 Å². The van der Waals surface area contributed by atoms with Gasteiger partial charge < -0.3 is 0 Å². The van der Waals surface area contributed by atoms with Crippen LogP contribution in [0.15, 0.2) is 53.6 Å². The van der Waals surface area contributed by atoms with Crippen molar-refractivity contribution in [2.45, 2.75) is 26.2 Å². The number of nitrogens with one attached hydrogen (secondary N) is 1. The van der Waals surface area contributed by atoms with Crippen LogP contribution in [0.5, 0.6) is 0 Å². The largest absolute Gasteiger partial charge is 0.271 e. The number of carbonyl (C=O) groups excluding carboxylic acids is 1. The van der Waals surface area contributed by atoms with E-state index in [1.807, 2.05) is 37.3 Å². The second kappa shape index (κ2) is 5.92. The van der Waals surface area contributed by atoms with Crippen molar-refractivity contribution in [1.82, 2.24) is 5.43 Å². The van der Waals surface area contributed by atoms with E-state index in [4.69, 9.17) is 0 Å². The second-order valence-electron chi connectivity index (χ2n) is 5.43. The van der Waals surface area contributed by atoms with Gasteiger partial charge in [0.2, 0.25) is 0 Å². The topological polar surface area (TPSA) is 41.5 Å². The van der Waals surface area contributed by atoms with Gasteiger partial charge in [0.25, 0.3) is 5.91 Å².